The summed E-state index contributed by atoms with van der Waals surface area (Å²) in [6.07, 6.45) is 0. The molecule has 0 radical (unpaired) electrons. The first-order valence-electron chi connectivity index (χ1n) is 0.885. The minimum absolute atomic E-state index is 0. The van der Waals surface area contributed by atoms with Gasteiger partial charge in [-0.15, -0.1) is 0 Å². The molecule has 0 unspecified atom stereocenters. The van der Waals surface area contributed by atoms with Crippen molar-refractivity contribution in [3.63, 3.8) is 0 Å². The van der Waals surface area contributed by atoms with Crippen LogP contribution in [0, 0.1) is 0 Å². The Bertz CT molecular complexity index is 78.1. The van der Waals surface area contributed by atoms with E-state index in [1.165, 1.54) is 0 Å². The Balaban J connectivity index is -0.000000125. The van der Waals surface area contributed by atoms with E-state index in [0.717, 1.165) is 0 Å². The first kappa shape index (κ1) is 16.1. The summed E-state index contributed by atoms with van der Waals surface area (Å²) in [6.45, 7) is 0. The van der Waals surface area contributed by atoms with E-state index in [9.17, 15) is 4.53 Å². The molecule has 0 atom stereocenters. The van der Waals surface area contributed by atoms with E-state index in [4.69, 9.17) is 14.4 Å². The first-order chi connectivity index (χ1) is 2.56. The van der Waals surface area contributed by atoms with E-state index >= 15 is 0 Å². The van der Waals surface area contributed by atoms with Gasteiger partial charge in [-0.25, -0.2) is 0 Å². The Morgan fingerprint density at radius 2 is 1.50 bits per heavy atom. The molecule has 8 heteroatoms. The number of phosphoric acid groups is 1. The zero-order valence-corrected chi connectivity index (χ0v) is 5.35. The molecule has 0 saturated heterocycles. The normalized spacial score (nSPS) is 8.88. The topological polar surface area (TPSA) is 72.4 Å². The van der Waals surface area contributed by atoms with Gasteiger partial charge in [-0.3, -0.25) is 0 Å². The van der Waals surface area contributed by atoms with Crippen molar-refractivity contribution in [3.8, 4) is 0 Å². The Kier molecular flexibility index (Phi) is 12.8. The van der Waals surface area contributed by atoms with E-state index in [1.807, 2.05) is 4.73 Å². The van der Waals surface area contributed by atoms with Gasteiger partial charge >= 0.3 is 37.7 Å². The molecule has 0 rings (SSSR count). The van der Waals surface area contributed by atoms with Gasteiger partial charge in [0.05, 0.1) is 0 Å². The molecule has 0 N–H and O–H groups in total. The van der Waals surface area contributed by atoms with Gasteiger partial charge in [-0.1, -0.05) is 0 Å². The molecule has 38 valence electrons. The predicted molar refractivity (Wildman–Crippen MR) is 9.80 cm³/mol. The molecule has 0 saturated carbocycles. The van der Waals surface area contributed by atoms with Crippen LogP contribution in [0.15, 0.2) is 0 Å². The molecule has 0 aromatic carbocycles. The largest absolute Gasteiger partial charge is 1.00 e. The van der Waals surface area contributed by atoms with E-state index in [0.29, 0.717) is 0 Å². The van der Waals surface area contributed by atoms with Crippen LogP contribution in [0.3, 0.4) is 0 Å². The van der Waals surface area contributed by atoms with Crippen LogP contribution in [-0.2, 0) is 9.29 Å². The molecular weight excluding hydrogens is 128 g/mol. The van der Waals surface area contributed by atoms with E-state index < -0.39 is 7.82 Å². The van der Waals surface area contributed by atoms with Crippen molar-refractivity contribution in [1.82, 2.24) is 0 Å². The first-order valence-corrected chi connectivity index (χ1v) is 2.35. The molecule has 0 aliphatic carbocycles. The SMILES string of the molecule is O=P([O-])([O-])OF.[Li+].[Li+]. The fourth-order valence-electron chi connectivity index (χ4n) is 0. The third kappa shape index (κ3) is 15.7. The van der Waals surface area contributed by atoms with Crippen molar-refractivity contribution in [1.29, 1.82) is 0 Å². The van der Waals surface area contributed by atoms with Crippen LogP contribution in [-0.4, -0.2) is 0 Å². The number of hydrogen-bond donors (Lipinski definition) is 0. The maximum atomic E-state index is 10.1. The molecule has 0 aromatic heterocycles. The molecule has 0 bridgehead atoms. The van der Waals surface area contributed by atoms with Crippen LogP contribution in [0.5, 0.6) is 0 Å². The minimum atomic E-state index is -5.31. The van der Waals surface area contributed by atoms with Crippen molar-refractivity contribution >= 4 is 7.82 Å². The van der Waals surface area contributed by atoms with E-state index in [2.05, 4.69) is 0 Å². The summed E-state index contributed by atoms with van der Waals surface area (Å²) in [7, 11) is -5.31. The number of rotatable bonds is 1. The molecular formula is FLi2O4P. The van der Waals surface area contributed by atoms with Crippen molar-refractivity contribution in [2.75, 3.05) is 0 Å². The molecule has 0 aromatic rings. The standard InChI is InChI=1S/FH2O4P.2Li/c1-5-6(2,3)4;;/h(H2,2,3,4);;/q;2*+1/p-2. The third-order valence-corrected chi connectivity index (χ3v) is 0.254. The fourth-order valence-corrected chi connectivity index (χ4v) is 0. The summed E-state index contributed by atoms with van der Waals surface area (Å²) >= 11 is 0. The van der Waals surface area contributed by atoms with Crippen LogP contribution in [0.4, 0.5) is 4.53 Å². The minimum Gasteiger partial charge on any atom is -0.787 e. The quantitative estimate of drug-likeness (QED) is 0.259. The summed E-state index contributed by atoms with van der Waals surface area (Å²) in [5.74, 6) is 0. The fraction of sp³-hybridized carbons (Fsp3) is 0. The molecule has 0 amide bonds. The second kappa shape index (κ2) is 6.36. The summed E-state index contributed by atoms with van der Waals surface area (Å²) in [5, 5.41) is 0. The predicted octanol–water partition coefficient (Wildman–Crippen LogP) is -7.28. The van der Waals surface area contributed by atoms with Crippen LogP contribution < -0.4 is 47.5 Å². The summed E-state index contributed by atoms with van der Waals surface area (Å²) in [6, 6.07) is 0. The zero-order chi connectivity index (χ0) is 5.21. The summed E-state index contributed by atoms with van der Waals surface area (Å²) < 4.78 is 20.9. The Morgan fingerprint density at radius 3 is 1.50 bits per heavy atom. The average molecular weight is 128 g/mol. The molecule has 0 spiro atoms. The van der Waals surface area contributed by atoms with Crippen molar-refractivity contribution in [3.05, 3.63) is 0 Å². The molecule has 8 heavy (non-hydrogen) atoms. The van der Waals surface area contributed by atoms with Crippen LogP contribution in [0.1, 0.15) is 0 Å². The number of hydrogen-bond acceptors (Lipinski definition) is 4. The van der Waals surface area contributed by atoms with Crippen molar-refractivity contribution < 1.29 is 61.3 Å². The smallest absolute Gasteiger partial charge is 0.787 e. The Labute approximate surface area is 69.3 Å². The molecule has 4 nitrogen and oxygen atoms in total. The van der Waals surface area contributed by atoms with Gasteiger partial charge in [-0.2, -0.15) is 4.73 Å². The second-order valence-corrected chi connectivity index (χ2v) is 1.55. The van der Waals surface area contributed by atoms with Gasteiger partial charge in [0.1, 0.15) is 7.82 Å². The van der Waals surface area contributed by atoms with Gasteiger partial charge in [0.2, 0.25) is 0 Å². The van der Waals surface area contributed by atoms with Gasteiger partial charge in [0.25, 0.3) is 0 Å². The summed E-state index contributed by atoms with van der Waals surface area (Å²) in [5.41, 5.74) is 0. The zero-order valence-electron chi connectivity index (χ0n) is 4.46. The Hall–Kier alpha value is 1.23. The molecule has 0 heterocycles. The van der Waals surface area contributed by atoms with Crippen molar-refractivity contribution in [2.24, 2.45) is 0 Å². The monoisotopic (exact) mass is 128 g/mol. The maximum absolute atomic E-state index is 10.1. The van der Waals surface area contributed by atoms with Crippen LogP contribution in [0.25, 0.3) is 0 Å². The van der Waals surface area contributed by atoms with Crippen molar-refractivity contribution in [2.45, 2.75) is 0 Å². The van der Waals surface area contributed by atoms with Gasteiger partial charge in [-0.05, 0) is 4.53 Å². The average Bonchev–Trinajstić information content (AvgIpc) is 1.35. The Morgan fingerprint density at radius 1 is 1.38 bits per heavy atom. The van der Waals surface area contributed by atoms with Gasteiger partial charge in [0, 0.05) is 0 Å². The van der Waals surface area contributed by atoms with E-state index in [1.54, 1.807) is 0 Å². The molecule has 0 aliphatic rings. The van der Waals surface area contributed by atoms with Crippen LogP contribution in [0.2, 0.25) is 0 Å². The third-order valence-electron chi connectivity index (χ3n) is 0.0845. The molecule has 0 aliphatic heterocycles. The van der Waals surface area contributed by atoms with Gasteiger partial charge < -0.3 is 14.4 Å². The maximum Gasteiger partial charge on any atom is 1.00 e. The molecule has 0 fully saturated rings. The second-order valence-electron chi connectivity index (χ2n) is 0.516. The summed E-state index contributed by atoms with van der Waals surface area (Å²) in [4.78, 5) is 17.8. The van der Waals surface area contributed by atoms with Gasteiger partial charge in [0.15, 0.2) is 0 Å². The van der Waals surface area contributed by atoms with Crippen LogP contribution >= 0.6 is 7.82 Å². The van der Waals surface area contributed by atoms with E-state index in [-0.39, 0.29) is 37.7 Å². The number of halogens is 1.